The smallest absolute Gasteiger partial charge is 0.296 e. The molecule has 2 rings (SSSR count). The molecule has 9 heteroatoms. The van der Waals surface area contributed by atoms with Gasteiger partial charge in [0.2, 0.25) is 11.2 Å². The lowest BCUT2D eigenvalue weighted by atomic mass is 10.3. The number of aromatic nitrogens is 3. The van der Waals surface area contributed by atoms with Crippen LogP contribution >= 0.6 is 11.6 Å². The van der Waals surface area contributed by atoms with Crippen molar-refractivity contribution in [1.82, 2.24) is 15.0 Å². The fourth-order valence-corrected chi connectivity index (χ4v) is 2.27. The molecule has 19 heavy (non-hydrogen) atoms. The van der Waals surface area contributed by atoms with Gasteiger partial charge in [0.15, 0.2) is 0 Å². The Morgan fingerprint density at radius 1 is 1.26 bits per heavy atom. The maximum absolute atomic E-state index is 11.2. The Kier molecular flexibility index (Phi) is 3.65. The fraction of sp³-hybridized carbons (Fsp3) is 0.100. The van der Waals surface area contributed by atoms with Crippen molar-refractivity contribution >= 4 is 33.4 Å². The monoisotopic (exact) mass is 303 g/mol. The Morgan fingerprint density at radius 2 is 1.95 bits per heavy atom. The minimum absolute atomic E-state index is 0. The molecule has 0 saturated heterocycles. The quantitative estimate of drug-likeness (QED) is 0.836. The molecule has 1 heterocycles. The maximum Gasteiger partial charge on any atom is 0.296 e. The largest absolute Gasteiger partial charge is 0.323 e. The van der Waals surface area contributed by atoms with Crippen LogP contribution < -0.4 is 5.32 Å². The molecule has 0 fully saturated rings. The summed E-state index contributed by atoms with van der Waals surface area (Å²) < 4.78 is 31.5. The van der Waals surface area contributed by atoms with Crippen molar-refractivity contribution in [3.8, 4) is 0 Å². The first kappa shape index (κ1) is 13.7. The van der Waals surface area contributed by atoms with Crippen LogP contribution in [0.1, 0.15) is 7.25 Å². The lowest BCUT2D eigenvalue weighted by Gasteiger charge is -2.08. The van der Waals surface area contributed by atoms with E-state index in [4.69, 9.17) is 16.2 Å². The van der Waals surface area contributed by atoms with Gasteiger partial charge in [0.05, 0.1) is 5.69 Å². The van der Waals surface area contributed by atoms with Gasteiger partial charge in [-0.15, -0.1) is 0 Å². The Labute approximate surface area is 115 Å². The van der Waals surface area contributed by atoms with E-state index < -0.39 is 10.1 Å². The van der Waals surface area contributed by atoms with Crippen LogP contribution in [0.25, 0.3) is 0 Å². The second kappa shape index (κ2) is 5.08. The van der Waals surface area contributed by atoms with Crippen molar-refractivity contribution in [3.63, 3.8) is 0 Å². The Balaban J connectivity index is 0.00000200. The number of aryl methyl sites for hydroxylation is 1. The summed E-state index contributed by atoms with van der Waals surface area (Å²) in [4.78, 5) is 11.3. The fourth-order valence-electron chi connectivity index (χ4n) is 1.42. The number of para-hydroxylation sites is 1. The van der Waals surface area contributed by atoms with Gasteiger partial charge in [-0.25, -0.2) is 4.98 Å². The van der Waals surface area contributed by atoms with Gasteiger partial charge in [-0.3, -0.25) is 4.55 Å². The summed E-state index contributed by atoms with van der Waals surface area (Å²) in [5, 5.41) is 2.66. The van der Waals surface area contributed by atoms with Crippen molar-refractivity contribution in [1.29, 1.82) is 0 Å². The second-order valence-electron chi connectivity index (χ2n) is 3.57. The van der Waals surface area contributed by atoms with Gasteiger partial charge in [-0.05, 0) is 30.7 Å². The summed E-state index contributed by atoms with van der Waals surface area (Å²) in [6.45, 7) is 1.62. The molecule has 102 valence electrons. The molecule has 1 aromatic carbocycles. The lowest BCUT2D eigenvalue weighted by Crippen LogP contribution is -2.06. The average molecular weight is 304 g/mol. The maximum atomic E-state index is 11.2. The van der Waals surface area contributed by atoms with E-state index in [1.807, 2.05) is 0 Å². The highest BCUT2D eigenvalue weighted by Gasteiger charge is 2.15. The predicted molar refractivity (Wildman–Crippen MR) is 71.2 cm³/mol. The van der Waals surface area contributed by atoms with Crippen molar-refractivity contribution < 1.29 is 14.4 Å². The molecule has 0 spiro atoms. The van der Waals surface area contributed by atoms with Crippen LogP contribution in [0.2, 0.25) is 5.28 Å². The molecular formula is C10H11ClN4O3S. The molecule has 0 saturated carbocycles. The molecule has 0 aliphatic heterocycles. The Hall–Kier alpha value is -1.77. The average Bonchev–Trinajstić information content (AvgIpc) is 2.26. The van der Waals surface area contributed by atoms with Gasteiger partial charge in [0, 0.05) is 1.43 Å². The number of nitrogens with zero attached hydrogens (tertiary/aromatic N) is 3. The standard InChI is InChI=1S/C10H9ClN4O3S.H2/c1-6-12-9(11)15-10(13-6)14-7-4-2-3-5-8(7)19(16,17)18;/h2-5H,1H3,(H,16,17,18)(H,12,13,14,15);1H/i;1+1. The molecule has 2 aromatic rings. The summed E-state index contributed by atoms with van der Waals surface area (Å²) in [6.07, 6.45) is 0. The normalized spacial score (nSPS) is 11.3. The number of nitrogens with one attached hydrogen (secondary N) is 1. The van der Waals surface area contributed by atoms with Crippen LogP contribution in [-0.2, 0) is 10.1 Å². The highest BCUT2D eigenvalue weighted by Crippen LogP contribution is 2.23. The van der Waals surface area contributed by atoms with Crippen LogP contribution in [0.15, 0.2) is 29.2 Å². The molecule has 0 bridgehead atoms. The van der Waals surface area contributed by atoms with Gasteiger partial charge in [-0.2, -0.15) is 18.4 Å². The first-order valence-electron chi connectivity index (χ1n) is 5.08. The van der Waals surface area contributed by atoms with E-state index in [9.17, 15) is 8.42 Å². The number of halogens is 1. The van der Waals surface area contributed by atoms with E-state index in [-0.39, 0.29) is 23.2 Å². The summed E-state index contributed by atoms with van der Waals surface area (Å²) in [5.74, 6) is 0.473. The van der Waals surface area contributed by atoms with Crippen LogP contribution in [0.5, 0.6) is 0 Å². The molecule has 0 radical (unpaired) electrons. The second-order valence-corrected chi connectivity index (χ2v) is 5.30. The highest BCUT2D eigenvalue weighted by molar-refractivity contribution is 7.86. The molecule has 7 nitrogen and oxygen atoms in total. The van der Waals surface area contributed by atoms with Crippen LogP contribution in [-0.4, -0.2) is 27.9 Å². The van der Waals surface area contributed by atoms with Gasteiger partial charge >= 0.3 is 0 Å². The van der Waals surface area contributed by atoms with Crippen LogP contribution in [0, 0.1) is 6.92 Å². The van der Waals surface area contributed by atoms with E-state index in [1.165, 1.54) is 18.2 Å². The zero-order chi connectivity index (χ0) is 14.0. The number of rotatable bonds is 3. The number of benzene rings is 1. The van der Waals surface area contributed by atoms with Gasteiger partial charge < -0.3 is 5.32 Å². The van der Waals surface area contributed by atoms with Crippen LogP contribution in [0.3, 0.4) is 0 Å². The van der Waals surface area contributed by atoms with Gasteiger partial charge in [0.1, 0.15) is 10.7 Å². The highest BCUT2D eigenvalue weighted by atomic mass is 35.5. The lowest BCUT2D eigenvalue weighted by molar-refractivity contribution is 0.483. The Morgan fingerprint density at radius 3 is 2.58 bits per heavy atom. The molecule has 1 aromatic heterocycles. The molecule has 0 aliphatic rings. The van der Waals surface area contributed by atoms with E-state index in [0.29, 0.717) is 5.82 Å². The first-order chi connectivity index (χ1) is 8.86. The van der Waals surface area contributed by atoms with Crippen molar-refractivity contribution in [2.75, 3.05) is 5.32 Å². The van der Waals surface area contributed by atoms with Crippen molar-refractivity contribution in [2.45, 2.75) is 11.8 Å². The summed E-state index contributed by atoms with van der Waals surface area (Å²) >= 11 is 5.68. The SMILES string of the molecule is Cc1nc(Cl)nc(Nc2ccccc2S(=O)(=O)O)n1.[2HH]. The van der Waals surface area contributed by atoms with E-state index in [2.05, 4.69) is 20.3 Å². The molecule has 0 unspecified atom stereocenters. The third-order valence-corrected chi connectivity index (χ3v) is 3.21. The summed E-state index contributed by atoms with van der Waals surface area (Å²) in [6, 6.07) is 5.82. The molecule has 0 atom stereocenters. The Bertz CT molecular complexity index is 706. The molecule has 2 N–H and O–H groups in total. The van der Waals surface area contributed by atoms with E-state index in [0.717, 1.165) is 0 Å². The zero-order valence-corrected chi connectivity index (χ0v) is 11.3. The van der Waals surface area contributed by atoms with Gasteiger partial charge in [-0.1, -0.05) is 12.1 Å². The van der Waals surface area contributed by atoms with Crippen LogP contribution in [0.4, 0.5) is 11.6 Å². The predicted octanol–water partition coefficient (Wildman–Crippen LogP) is 2.07. The topological polar surface area (TPSA) is 105 Å². The third kappa shape index (κ3) is 3.37. The number of anilines is 2. The zero-order valence-electron chi connectivity index (χ0n) is 9.70. The minimum Gasteiger partial charge on any atom is -0.323 e. The van der Waals surface area contributed by atoms with Crippen molar-refractivity contribution in [2.24, 2.45) is 0 Å². The summed E-state index contributed by atoms with van der Waals surface area (Å²) in [7, 11) is -4.34. The van der Waals surface area contributed by atoms with Gasteiger partial charge in [0.25, 0.3) is 10.1 Å². The molecule has 0 amide bonds. The van der Waals surface area contributed by atoms with E-state index >= 15 is 0 Å². The number of hydrogen-bond acceptors (Lipinski definition) is 6. The van der Waals surface area contributed by atoms with Crippen molar-refractivity contribution in [3.05, 3.63) is 35.4 Å². The first-order valence-corrected chi connectivity index (χ1v) is 6.90. The minimum atomic E-state index is -4.34. The third-order valence-electron chi connectivity index (χ3n) is 2.13. The number of hydrogen-bond donors (Lipinski definition) is 2. The summed E-state index contributed by atoms with van der Waals surface area (Å²) in [5.41, 5.74) is 0.145. The molecule has 0 aliphatic carbocycles. The van der Waals surface area contributed by atoms with E-state index in [1.54, 1.807) is 13.0 Å². The molecular weight excluding hydrogens is 292 g/mol.